The first kappa shape index (κ1) is 17.5. The molecule has 0 saturated heterocycles. The molecule has 0 amide bonds. The molecule has 1 aromatic carbocycles. The maximum atomic E-state index is 11.2. The Morgan fingerprint density at radius 2 is 2.05 bits per heavy atom. The van der Waals surface area contributed by atoms with Crippen LogP contribution >= 0.6 is 11.6 Å². The standard InChI is InChI=1S/C14H18ClNO4S2/c1-21(17)7-3-6-16-13(10-20-22(2,18)19)9-11-8-12(15)4-5-14(11)16/h4-5,8-9H,3,6-7,10H2,1-2H3. The minimum Gasteiger partial charge on any atom is -0.342 e. The Labute approximate surface area is 137 Å². The quantitative estimate of drug-likeness (QED) is 0.709. The van der Waals surface area contributed by atoms with Crippen molar-refractivity contribution < 1.29 is 16.8 Å². The van der Waals surface area contributed by atoms with Gasteiger partial charge in [0.1, 0.15) is 6.61 Å². The maximum Gasteiger partial charge on any atom is 0.264 e. The molecule has 1 heterocycles. The summed E-state index contributed by atoms with van der Waals surface area (Å²) < 4.78 is 40.5. The zero-order valence-corrected chi connectivity index (χ0v) is 14.8. The summed E-state index contributed by atoms with van der Waals surface area (Å²) in [4.78, 5) is 0. The SMILES string of the molecule is CS(=O)CCCn1c(COS(C)(=O)=O)cc2cc(Cl)ccc21. The van der Waals surface area contributed by atoms with Gasteiger partial charge < -0.3 is 4.57 Å². The van der Waals surface area contributed by atoms with E-state index in [9.17, 15) is 12.6 Å². The van der Waals surface area contributed by atoms with E-state index in [0.29, 0.717) is 17.3 Å². The molecule has 1 atom stereocenters. The molecular formula is C14H18ClNO4S2. The maximum absolute atomic E-state index is 11.2. The van der Waals surface area contributed by atoms with Gasteiger partial charge in [-0.05, 0) is 30.7 Å². The van der Waals surface area contributed by atoms with E-state index in [0.717, 1.165) is 29.3 Å². The summed E-state index contributed by atoms with van der Waals surface area (Å²) in [6, 6.07) is 7.38. The monoisotopic (exact) mass is 363 g/mol. The molecular weight excluding hydrogens is 346 g/mol. The Bertz CT molecular complexity index is 799. The fourth-order valence-corrected chi connectivity index (χ4v) is 3.33. The molecule has 0 fully saturated rings. The zero-order valence-electron chi connectivity index (χ0n) is 12.4. The van der Waals surface area contributed by atoms with E-state index in [1.807, 2.05) is 22.8 Å². The van der Waals surface area contributed by atoms with Gasteiger partial charge in [0.15, 0.2) is 0 Å². The lowest BCUT2D eigenvalue weighted by Gasteiger charge is -2.10. The van der Waals surface area contributed by atoms with E-state index >= 15 is 0 Å². The predicted molar refractivity (Wildman–Crippen MR) is 90.1 cm³/mol. The molecule has 0 aliphatic heterocycles. The summed E-state index contributed by atoms with van der Waals surface area (Å²) in [5.74, 6) is 0.597. The highest BCUT2D eigenvalue weighted by molar-refractivity contribution is 7.86. The second-order valence-corrected chi connectivity index (χ2v) is 8.72. The molecule has 5 nitrogen and oxygen atoms in total. The molecule has 0 saturated carbocycles. The Morgan fingerprint density at radius 1 is 1.32 bits per heavy atom. The molecule has 8 heteroatoms. The molecule has 1 aromatic heterocycles. The van der Waals surface area contributed by atoms with Crippen molar-refractivity contribution in [2.75, 3.05) is 18.3 Å². The minimum absolute atomic E-state index is 0.0274. The van der Waals surface area contributed by atoms with Gasteiger partial charge in [0, 0.05) is 51.0 Å². The van der Waals surface area contributed by atoms with E-state index in [2.05, 4.69) is 0 Å². The second kappa shape index (κ2) is 7.12. The summed E-state index contributed by atoms with van der Waals surface area (Å²) in [5.41, 5.74) is 1.71. The van der Waals surface area contributed by atoms with Gasteiger partial charge in [-0.2, -0.15) is 8.42 Å². The van der Waals surface area contributed by atoms with Crippen molar-refractivity contribution in [1.82, 2.24) is 4.57 Å². The van der Waals surface area contributed by atoms with Gasteiger partial charge in [-0.25, -0.2) is 0 Å². The Hall–Kier alpha value is -0.890. The van der Waals surface area contributed by atoms with Crippen LogP contribution in [-0.4, -0.2) is 35.5 Å². The topological polar surface area (TPSA) is 65.4 Å². The van der Waals surface area contributed by atoms with E-state index in [1.165, 1.54) is 0 Å². The van der Waals surface area contributed by atoms with E-state index in [1.54, 1.807) is 12.3 Å². The number of hydrogen-bond acceptors (Lipinski definition) is 4. The number of nitrogens with zero attached hydrogens (tertiary/aromatic N) is 1. The lowest BCUT2D eigenvalue weighted by molar-refractivity contribution is 0.301. The Kier molecular flexibility index (Phi) is 5.65. The molecule has 0 radical (unpaired) electrons. The molecule has 2 aromatic rings. The van der Waals surface area contributed by atoms with Gasteiger partial charge >= 0.3 is 0 Å². The van der Waals surface area contributed by atoms with Gasteiger partial charge in [-0.1, -0.05) is 11.6 Å². The number of hydrogen-bond donors (Lipinski definition) is 0. The highest BCUT2D eigenvalue weighted by atomic mass is 35.5. The van der Waals surface area contributed by atoms with E-state index < -0.39 is 20.9 Å². The largest absolute Gasteiger partial charge is 0.342 e. The molecule has 0 aliphatic rings. The van der Waals surface area contributed by atoms with Gasteiger partial charge in [0.05, 0.1) is 6.26 Å². The zero-order chi connectivity index (χ0) is 16.3. The van der Waals surface area contributed by atoms with Crippen LogP contribution in [0.15, 0.2) is 24.3 Å². The van der Waals surface area contributed by atoms with Crippen molar-refractivity contribution in [2.24, 2.45) is 0 Å². The van der Waals surface area contributed by atoms with Crippen molar-refractivity contribution in [3.63, 3.8) is 0 Å². The van der Waals surface area contributed by atoms with Gasteiger partial charge in [0.25, 0.3) is 10.1 Å². The third-order valence-corrected chi connectivity index (χ3v) is 4.83. The van der Waals surface area contributed by atoms with Crippen LogP contribution in [0.25, 0.3) is 10.9 Å². The molecule has 22 heavy (non-hydrogen) atoms. The summed E-state index contributed by atoms with van der Waals surface area (Å²) in [7, 11) is -4.36. The first-order valence-electron chi connectivity index (χ1n) is 6.68. The van der Waals surface area contributed by atoms with E-state index in [-0.39, 0.29) is 6.61 Å². The summed E-state index contributed by atoms with van der Waals surface area (Å²) in [6.07, 6.45) is 3.43. The third kappa shape index (κ3) is 4.81. The van der Waals surface area contributed by atoms with Gasteiger partial charge in [-0.3, -0.25) is 8.39 Å². The second-order valence-electron chi connectivity index (χ2n) is 5.09. The van der Waals surface area contributed by atoms with Crippen LogP contribution in [0.1, 0.15) is 12.1 Å². The number of halogens is 1. The average Bonchev–Trinajstić information content (AvgIpc) is 2.72. The van der Waals surface area contributed by atoms with E-state index in [4.69, 9.17) is 15.8 Å². The van der Waals surface area contributed by atoms with Crippen LogP contribution in [0, 0.1) is 0 Å². The molecule has 0 bridgehead atoms. The van der Waals surface area contributed by atoms with Crippen molar-refractivity contribution in [2.45, 2.75) is 19.6 Å². The first-order chi connectivity index (χ1) is 10.3. The number of aromatic nitrogens is 1. The summed E-state index contributed by atoms with van der Waals surface area (Å²) in [5, 5.41) is 1.55. The van der Waals surface area contributed by atoms with Crippen molar-refractivity contribution >= 4 is 43.4 Å². The molecule has 0 aliphatic carbocycles. The van der Waals surface area contributed by atoms with Crippen LogP contribution < -0.4 is 0 Å². The molecule has 0 spiro atoms. The number of fused-ring (bicyclic) bond motifs is 1. The fourth-order valence-electron chi connectivity index (χ4n) is 2.28. The molecule has 0 N–H and O–H groups in total. The lowest BCUT2D eigenvalue weighted by Crippen LogP contribution is -2.09. The third-order valence-electron chi connectivity index (χ3n) is 3.18. The van der Waals surface area contributed by atoms with Crippen LogP contribution in [0.4, 0.5) is 0 Å². The van der Waals surface area contributed by atoms with Gasteiger partial charge in [-0.15, -0.1) is 0 Å². The Morgan fingerprint density at radius 3 is 2.68 bits per heavy atom. The van der Waals surface area contributed by atoms with Crippen molar-refractivity contribution in [3.8, 4) is 0 Å². The smallest absolute Gasteiger partial charge is 0.264 e. The Balaban J connectivity index is 2.32. The van der Waals surface area contributed by atoms with Crippen molar-refractivity contribution in [1.29, 1.82) is 0 Å². The number of rotatable bonds is 7. The predicted octanol–water partition coefficient (Wildman–Crippen LogP) is 2.54. The first-order valence-corrected chi connectivity index (χ1v) is 10.6. The summed E-state index contributed by atoms with van der Waals surface area (Å²) >= 11 is 6.00. The normalized spacial score (nSPS) is 13.6. The van der Waals surface area contributed by atoms with Crippen LogP contribution in [0.5, 0.6) is 0 Å². The average molecular weight is 364 g/mol. The van der Waals surface area contributed by atoms with Crippen molar-refractivity contribution in [3.05, 3.63) is 35.0 Å². The fraction of sp³-hybridized carbons (Fsp3) is 0.429. The minimum atomic E-state index is -3.51. The van der Waals surface area contributed by atoms with Crippen LogP contribution in [0.3, 0.4) is 0 Å². The molecule has 2 rings (SSSR count). The highest BCUT2D eigenvalue weighted by Gasteiger charge is 2.12. The van der Waals surface area contributed by atoms with Crippen LogP contribution in [-0.2, 0) is 38.3 Å². The summed E-state index contributed by atoms with van der Waals surface area (Å²) in [6.45, 7) is 0.619. The highest BCUT2D eigenvalue weighted by Crippen LogP contribution is 2.24. The van der Waals surface area contributed by atoms with Crippen LogP contribution in [0.2, 0.25) is 5.02 Å². The number of aryl methyl sites for hydroxylation is 1. The van der Waals surface area contributed by atoms with Gasteiger partial charge in [0.2, 0.25) is 0 Å². The molecule has 1 unspecified atom stereocenters. The molecule has 122 valence electrons. The lowest BCUT2D eigenvalue weighted by atomic mass is 10.2. The number of benzene rings is 1.